The van der Waals surface area contributed by atoms with Crippen molar-refractivity contribution in [1.29, 1.82) is 0 Å². The van der Waals surface area contributed by atoms with Crippen LogP contribution in [-0.2, 0) is 5.41 Å². The van der Waals surface area contributed by atoms with Gasteiger partial charge in [-0.2, -0.15) is 0 Å². The number of nitrogens with zero attached hydrogens (tertiary/aromatic N) is 1. The van der Waals surface area contributed by atoms with Gasteiger partial charge < -0.3 is 4.90 Å². The Morgan fingerprint density at radius 2 is 0.941 bits per heavy atom. The molecule has 0 radical (unpaired) electrons. The molecule has 1 spiro atoms. The highest BCUT2D eigenvalue weighted by Gasteiger charge is 2.55. The predicted octanol–water partition coefficient (Wildman–Crippen LogP) is 13.3. The fourth-order valence-electron chi connectivity index (χ4n) is 8.19. The lowest BCUT2D eigenvalue weighted by Crippen LogP contribution is -2.35. The number of hydrogen-bond acceptors (Lipinski definition) is 1. The van der Waals surface area contributed by atoms with Crippen LogP contribution in [0.25, 0.3) is 39.0 Å². The predicted molar refractivity (Wildman–Crippen MR) is 215 cm³/mol. The highest BCUT2D eigenvalue weighted by atomic mass is 35.5. The number of halogens is 1. The van der Waals surface area contributed by atoms with E-state index in [1.807, 2.05) is 12.1 Å². The van der Waals surface area contributed by atoms with Crippen molar-refractivity contribution in [3.05, 3.63) is 234 Å². The summed E-state index contributed by atoms with van der Waals surface area (Å²) in [5.74, 6) is 0. The summed E-state index contributed by atoms with van der Waals surface area (Å²) in [5.41, 5.74) is 15.8. The van der Waals surface area contributed by atoms with Crippen molar-refractivity contribution in [3.63, 3.8) is 0 Å². The van der Waals surface area contributed by atoms with Crippen LogP contribution in [0.1, 0.15) is 22.3 Å². The SMILES string of the molecule is C=C/C=C\C1=C(N(c2ccc(-c3ccccc3)cc2)c2ccc(-c3ccccc3)cc2)C2(c3cc(Cl)ccc31)c1ccccc1-c1ccccc12. The van der Waals surface area contributed by atoms with E-state index in [1.54, 1.807) is 0 Å². The molecule has 0 saturated carbocycles. The highest BCUT2D eigenvalue weighted by Crippen LogP contribution is 2.64. The molecule has 0 fully saturated rings. The lowest BCUT2D eigenvalue weighted by atomic mass is 9.71. The third kappa shape index (κ3) is 4.93. The van der Waals surface area contributed by atoms with Gasteiger partial charge >= 0.3 is 0 Å². The minimum atomic E-state index is -0.648. The van der Waals surface area contributed by atoms with Crippen LogP contribution in [0.4, 0.5) is 11.4 Å². The Balaban J connectivity index is 1.37. The second kappa shape index (κ2) is 12.6. The summed E-state index contributed by atoms with van der Waals surface area (Å²) in [6.45, 7) is 4.07. The minimum Gasteiger partial charge on any atom is -0.312 e. The zero-order chi connectivity index (χ0) is 34.4. The van der Waals surface area contributed by atoms with Crippen molar-refractivity contribution in [3.8, 4) is 33.4 Å². The maximum Gasteiger partial charge on any atom is 0.0882 e. The van der Waals surface area contributed by atoms with E-state index in [0.717, 1.165) is 28.2 Å². The number of hydrogen-bond donors (Lipinski definition) is 0. The molecule has 0 amide bonds. The van der Waals surface area contributed by atoms with Crippen LogP contribution in [0.3, 0.4) is 0 Å². The third-order valence-electron chi connectivity index (χ3n) is 10.3. The zero-order valence-electron chi connectivity index (χ0n) is 28.0. The van der Waals surface area contributed by atoms with Gasteiger partial charge in [0.05, 0.1) is 11.1 Å². The molecule has 0 N–H and O–H groups in total. The molecule has 2 aliphatic carbocycles. The highest BCUT2D eigenvalue weighted by molar-refractivity contribution is 6.30. The van der Waals surface area contributed by atoms with Crippen LogP contribution in [-0.4, -0.2) is 0 Å². The lowest BCUT2D eigenvalue weighted by Gasteiger charge is -2.39. The van der Waals surface area contributed by atoms with Crippen LogP contribution in [0, 0.1) is 0 Å². The molecule has 0 atom stereocenters. The van der Waals surface area contributed by atoms with E-state index >= 15 is 0 Å². The number of allylic oxidation sites excluding steroid dienone is 5. The van der Waals surface area contributed by atoms with Crippen molar-refractivity contribution in [1.82, 2.24) is 0 Å². The van der Waals surface area contributed by atoms with E-state index in [2.05, 4.69) is 193 Å². The first-order chi connectivity index (χ1) is 25.2. The normalized spacial score (nSPS) is 13.7. The second-order valence-corrected chi connectivity index (χ2v) is 13.5. The van der Waals surface area contributed by atoms with Crippen molar-refractivity contribution >= 4 is 28.5 Å². The van der Waals surface area contributed by atoms with Gasteiger partial charge in [-0.3, -0.25) is 0 Å². The Labute approximate surface area is 304 Å². The summed E-state index contributed by atoms with van der Waals surface area (Å²) in [6, 6.07) is 63.2. The first-order valence-corrected chi connectivity index (χ1v) is 17.7. The Kier molecular flexibility index (Phi) is 7.64. The Morgan fingerprint density at radius 3 is 1.45 bits per heavy atom. The molecule has 0 aliphatic heterocycles. The quantitative estimate of drug-likeness (QED) is 0.152. The third-order valence-corrected chi connectivity index (χ3v) is 10.6. The Morgan fingerprint density at radius 1 is 0.471 bits per heavy atom. The van der Waals surface area contributed by atoms with Crippen LogP contribution in [0.2, 0.25) is 5.02 Å². The molecular formula is C49H34ClN. The molecule has 242 valence electrons. The van der Waals surface area contributed by atoms with Gasteiger partial charge in [0, 0.05) is 22.0 Å². The topological polar surface area (TPSA) is 3.24 Å². The fraction of sp³-hybridized carbons (Fsp3) is 0.0204. The number of fused-ring (bicyclic) bond motifs is 7. The van der Waals surface area contributed by atoms with Gasteiger partial charge in [0.2, 0.25) is 0 Å². The van der Waals surface area contributed by atoms with Crippen LogP contribution >= 0.6 is 11.6 Å². The lowest BCUT2D eigenvalue weighted by molar-refractivity contribution is 0.745. The van der Waals surface area contributed by atoms with E-state index < -0.39 is 5.41 Å². The molecule has 9 rings (SSSR count). The van der Waals surface area contributed by atoms with Crippen molar-refractivity contribution < 1.29 is 0 Å². The van der Waals surface area contributed by atoms with E-state index in [4.69, 9.17) is 11.6 Å². The zero-order valence-corrected chi connectivity index (χ0v) is 28.8. The molecule has 0 heterocycles. The summed E-state index contributed by atoms with van der Waals surface area (Å²) >= 11 is 6.94. The first-order valence-electron chi connectivity index (χ1n) is 17.3. The van der Waals surface area contributed by atoms with E-state index in [9.17, 15) is 0 Å². The molecule has 0 bridgehead atoms. The molecule has 0 unspecified atom stereocenters. The fourth-order valence-corrected chi connectivity index (χ4v) is 8.37. The Bertz CT molecular complexity index is 2340. The maximum absolute atomic E-state index is 6.94. The molecule has 7 aromatic carbocycles. The molecular weight excluding hydrogens is 638 g/mol. The van der Waals surface area contributed by atoms with Gasteiger partial charge in [-0.05, 0) is 92.0 Å². The number of anilines is 2. The summed E-state index contributed by atoms with van der Waals surface area (Å²) in [6.07, 6.45) is 6.13. The maximum atomic E-state index is 6.94. The van der Waals surface area contributed by atoms with Crippen molar-refractivity contribution in [2.24, 2.45) is 0 Å². The monoisotopic (exact) mass is 671 g/mol. The number of benzene rings is 7. The second-order valence-electron chi connectivity index (χ2n) is 13.0. The summed E-state index contributed by atoms with van der Waals surface area (Å²) in [5, 5.41) is 0.717. The van der Waals surface area contributed by atoms with Gasteiger partial charge in [-0.1, -0.05) is 176 Å². The molecule has 51 heavy (non-hydrogen) atoms. The molecule has 2 aliphatic rings. The average Bonchev–Trinajstić information content (AvgIpc) is 3.65. The Hall–Kier alpha value is -6.15. The van der Waals surface area contributed by atoms with Gasteiger partial charge in [0.25, 0.3) is 0 Å². The summed E-state index contributed by atoms with van der Waals surface area (Å²) < 4.78 is 0. The summed E-state index contributed by atoms with van der Waals surface area (Å²) in [7, 11) is 0. The van der Waals surface area contributed by atoms with Crippen molar-refractivity contribution in [2.75, 3.05) is 4.90 Å². The van der Waals surface area contributed by atoms with Crippen molar-refractivity contribution in [2.45, 2.75) is 5.41 Å². The van der Waals surface area contributed by atoms with Crippen LogP contribution in [0.5, 0.6) is 0 Å². The standard InChI is InChI=1S/C49H34ClN/c1-2-3-18-44-43-32-27-38(50)33-47(43)49(45-21-12-10-19-41(45)42-20-11-13-22-46(42)49)48(44)51(39-28-23-36(24-29-39)34-14-6-4-7-15-34)40-30-25-37(26-31-40)35-16-8-5-9-17-35/h2-33H,1H2/b18-3-. The molecule has 0 saturated heterocycles. The van der Waals surface area contributed by atoms with E-state index in [1.165, 1.54) is 50.1 Å². The molecule has 2 heteroatoms. The van der Waals surface area contributed by atoms with Gasteiger partial charge in [0.15, 0.2) is 0 Å². The van der Waals surface area contributed by atoms with Crippen LogP contribution < -0.4 is 4.90 Å². The molecule has 1 nitrogen and oxygen atoms in total. The summed E-state index contributed by atoms with van der Waals surface area (Å²) in [4.78, 5) is 2.47. The smallest absolute Gasteiger partial charge is 0.0882 e. The molecule has 7 aromatic rings. The molecule has 0 aromatic heterocycles. The minimum absolute atomic E-state index is 0.648. The van der Waals surface area contributed by atoms with Gasteiger partial charge in [-0.15, -0.1) is 0 Å². The van der Waals surface area contributed by atoms with Gasteiger partial charge in [-0.25, -0.2) is 0 Å². The first kappa shape index (κ1) is 30.9. The van der Waals surface area contributed by atoms with Gasteiger partial charge in [0.1, 0.15) is 0 Å². The van der Waals surface area contributed by atoms with Crippen LogP contribution in [0.15, 0.2) is 206 Å². The number of rotatable bonds is 7. The van der Waals surface area contributed by atoms with E-state index in [-0.39, 0.29) is 0 Å². The average molecular weight is 672 g/mol. The van der Waals surface area contributed by atoms with E-state index in [0.29, 0.717) is 5.02 Å². The largest absolute Gasteiger partial charge is 0.312 e.